The largest absolute Gasteiger partial charge is 0.357 e. The first-order valence-corrected chi connectivity index (χ1v) is 11.8. The highest BCUT2D eigenvalue weighted by molar-refractivity contribution is 7.10. The molecule has 164 valence electrons. The SMILES string of the molecule is CC(C)CNC(=O)CN1c2ccccc2NC2=C(C(=O)CC(C)(C)C2)C1c1cccs1. The van der Waals surface area contributed by atoms with E-state index in [0.29, 0.717) is 18.9 Å². The second-order valence-corrected chi connectivity index (χ2v) is 10.7. The summed E-state index contributed by atoms with van der Waals surface area (Å²) in [5, 5.41) is 8.66. The minimum atomic E-state index is -0.278. The van der Waals surface area contributed by atoms with Crippen molar-refractivity contribution < 1.29 is 9.59 Å². The first-order chi connectivity index (χ1) is 14.7. The predicted molar refractivity (Wildman–Crippen MR) is 127 cm³/mol. The highest BCUT2D eigenvalue weighted by atomic mass is 32.1. The van der Waals surface area contributed by atoms with Crippen LogP contribution in [0.15, 0.2) is 53.0 Å². The zero-order valence-corrected chi connectivity index (χ0v) is 19.5. The molecule has 0 radical (unpaired) electrons. The first kappa shape index (κ1) is 21.6. The molecule has 1 atom stereocenters. The molecule has 2 aliphatic rings. The van der Waals surface area contributed by atoms with Crippen LogP contribution in [0.3, 0.4) is 0 Å². The number of nitrogens with zero attached hydrogens (tertiary/aromatic N) is 1. The van der Waals surface area contributed by atoms with Crippen LogP contribution in [0, 0.1) is 11.3 Å². The van der Waals surface area contributed by atoms with E-state index < -0.39 is 0 Å². The summed E-state index contributed by atoms with van der Waals surface area (Å²) in [6.45, 7) is 9.28. The Morgan fingerprint density at radius 2 is 2.00 bits per heavy atom. The Morgan fingerprint density at radius 3 is 2.71 bits per heavy atom. The number of carbonyl (C=O) groups is 2. The summed E-state index contributed by atoms with van der Waals surface area (Å²) in [6.07, 6.45) is 1.32. The number of carbonyl (C=O) groups excluding carboxylic acids is 2. The van der Waals surface area contributed by atoms with E-state index in [4.69, 9.17) is 0 Å². The number of thiophene rings is 1. The molecule has 31 heavy (non-hydrogen) atoms. The number of allylic oxidation sites excluding steroid dienone is 1. The lowest BCUT2D eigenvalue weighted by molar-refractivity contribution is -0.120. The lowest BCUT2D eigenvalue weighted by Crippen LogP contribution is -2.42. The van der Waals surface area contributed by atoms with Crippen LogP contribution >= 0.6 is 11.3 Å². The second-order valence-electron chi connectivity index (χ2n) is 9.72. The molecule has 1 unspecified atom stereocenters. The average molecular weight is 438 g/mol. The minimum absolute atomic E-state index is 0.0299. The van der Waals surface area contributed by atoms with Crippen molar-refractivity contribution in [2.24, 2.45) is 11.3 Å². The third kappa shape index (κ3) is 4.54. The van der Waals surface area contributed by atoms with Crippen LogP contribution in [0.2, 0.25) is 0 Å². The summed E-state index contributed by atoms with van der Waals surface area (Å²) in [7, 11) is 0. The van der Waals surface area contributed by atoms with Crippen LogP contribution in [-0.2, 0) is 9.59 Å². The van der Waals surface area contributed by atoms with Gasteiger partial charge in [0.25, 0.3) is 0 Å². The van der Waals surface area contributed by atoms with Crippen molar-refractivity contribution in [3.8, 4) is 0 Å². The summed E-state index contributed by atoms with van der Waals surface area (Å²) in [5.41, 5.74) is 3.57. The summed E-state index contributed by atoms with van der Waals surface area (Å²) in [4.78, 5) is 29.6. The molecule has 1 aromatic heterocycles. The fourth-order valence-corrected chi connectivity index (χ4v) is 5.34. The maximum absolute atomic E-state index is 13.5. The zero-order valence-electron chi connectivity index (χ0n) is 18.7. The number of rotatable bonds is 5. The number of fused-ring (bicyclic) bond motifs is 1. The molecule has 0 spiro atoms. The molecule has 5 nitrogen and oxygen atoms in total. The highest BCUT2D eigenvalue weighted by Gasteiger charge is 2.42. The van der Waals surface area contributed by atoms with Gasteiger partial charge in [-0.3, -0.25) is 9.59 Å². The van der Waals surface area contributed by atoms with Gasteiger partial charge < -0.3 is 15.5 Å². The van der Waals surface area contributed by atoms with E-state index in [9.17, 15) is 9.59 Å². The lowest BCUT2D eigenvalue weighted by Gasteiger charge is -2.37. The summed E-state index contributed by atoms with van der Waals surface area (Å²) < 4.78 is 0. The molecule has 0 fully saturated rings. The Bertz CT molecular complexity index is 1010. The van der Waals surface area contributed by atoms with Gasteiger partial charge in [0.05, 0.1) is 24.0 Å². The van der Waals surface area contributed by atoms with Crippen LogP contribution in [0.25, 0.3) is 0 Å². The Balaban J connectivity index is 1.83. The molecule has 0 bridgehead atoms. The predicted octanol–water partition coefficient (Wildman–Crippen LogP) is 5.14. The molecule has 4 rings (SSSR count). The standard InChI is InChI=1S/C25H31N3O2S/c1-16(2)14-26-22(30)15-28-19-9-6-5-8-17(19)27-18-12-25(3,4)13-20(29)23(18)24(28)21-10-7-11-31-21/h5-11,16,24,27H,12-15H2,1-4H3,(H,26,30). The van der Waals surface area contributed by atoms with Gasteiger partial charge in [0.2, 0.25) is 5.91 Å². The smallest absolute Gasteiger partial charge is 0.239 e. The number of benzene rings is 1. The molecule has 1 aliphatic heterocycles. The van der Waals surface area contributed by atoms with Crippen molar-refractivity contribution in [1.82, 2.24) is 5.32 Å². The van der Waals surface area contributed by atoms with Gasteiger partial charge in [0.15, 0.2) is 5.78 Å². The average Bonchev–Trinajstić information content (AvgIpc) is 3.17. The highest BCUT2D eigenvalue weighted by Crippen LogP contribution is 2.48. The van der Waals surface area contributed by atoms with E-state index in [2.05, 4.69) is 49.3 Å². The van der Waals surface area contributed by atoms with Crippen LogP contribution in [0.4, 0.5) is 11.4 Å². The molecule has 0 saturated carbocycles. The van der Waals surface area contributed by atoms with Gasteiger partial charge in [-0.1, -0.05) is 45.9 Å². The van der Waals surface area contributed by atoms with Gasteiger partial charge in [-0.05, 0) is 41.3 Å². The molecule has 0 saturated heterocycles. The van der Waals surface area contributed by atoms with Gasteiger partial charge in [0, 0.05) is 29.1 Å². The second kappa shape index (κ2) is 8.50. The molecule has 1 aliphatic carbocycles. The number of amides is 1. The van der Waals surface area contributed by atoms with Crippen molar-refractivity contribution in [2.75, 3.05) is 23.3 Å². The van der Waals surface area contributed by atoms with Gasteiger partial charge in [-0.15, -0.1) is 11.3 Å². The van der Waals surface area contributed by atoms with E-state index >= 15 is 0 Å². The number of anilines is 2. The molecule has 2 N–H and O–H groups in total. The Morgan fingerprint density at radius 1 is 1.23 bits per heavy atom. The number of Topliss-reactive ketones (excluding diaryl/α,β-unsaturated/α-hetero) is 1. The Kier molecular flexibility index (Phi) is 5.93. The molecule has 6 heteroatoms. The topological polar surface area (TPSA) is 61.4 Å². The maximum atomic E-state index is 13.5. The normalized spacial score (nSPS) is 20.1. The lowest BCUT2D eigenvalue weighted by atomic mass is 9.74. The Hall–Kier alpha value is -2.60. The summed E-state index contributed by atoms with van der Waals surface area (Å²) in [5.74, 6) is 0.516. The number of hydrogen-bond acceptors (Lipinski definition) is 5. The van der Waals surface area contributed by atoms with Crippen molar-refractivity contribution in [3.63, 3.8) is 0 Å². The number of nitrogens with one attached hydrogen (secondary N) is 2. The minimum Gasteiger partial charge on any atom is -0.357 e. The van der Waals surface area contributed by atoms with E-state index in [-0.39, 0.29) is 29.7 Å². The fourth-order valence-electron chi connectivity index (χ4n) is 4.50. The third-order valence-electron chi connectivity index (χ3n) is 5.84. The summed E-state index contributed by atoms with van der Waals surface area (Å²) >= 11 is 1.63. The van der Waals surface area contributed by atoms with E-state index in [1.54, 1.807) is 11.3 Å². The van der Waals surface area contributed by atoms with Gasteiger partial charge >= 0.3 is 0 Å². The first-order valence-electron chi connectivity index (χ1n) is 10.9. The van der Waals surface area contributed by atoms with Gasteiger partial charge in [-0.2, -0.15) is 0 Å². The van der Waals surface area contributed by atoms with Crippen molar-refractivity contribution >= 4 is 34.4 Å². The van der Waals surface area contributed by atoms with Crippen molar-refractivity contribution in [1.29, 1.82) is 0 Å². The quantitative estimate of drug-likeness (QED) is 0.680. The molecular weight excluding hydrogens is 406 g/mol. The van der Waals surface area contributed by atoms with Crippen LogP contribution in [0.1, 0.15) is 51.5 Å². The van der Waals surface area contributed by atoms with E-state index in [1.165, 1.54) is 0 Å². The molecule has 1 amide bonds. The summed E-state index contributed by atoms with van der Waals surface area (Å²) in [6, 6.07) is 11.8. The molecular formula is C25H31N3O2S. The van der Waals surface area contributed by atoms with Gasteiger partial charge in [0.1, 0.15) is 0 Å². The monoisotopic (exact) mass is 437 g/mol. The van der Waals surface area contributed by atoms with Crippen LogP contribution in [0.5, 0.6) is 0 Å². The van der Waals surface area contributed by atoms with Crippen molar-refractivity contribution in [2.45, 2.75) is 46.6 Å². The van der Waals surface area contributed by atoms with Gasteiger partial charge in [-0.25, -0.2) is 0 Å². The third-order valence-corrected chi connectivity index (χ3v) is 6.76. The number of para-hydroxylation sites is 2. The maximum Gasteiger partial charge on any atom is 0.239 e. The van der Waals surface area contributed by atoms with E-state index in [1.807, 2.05) is 35.7 Å². The molecule has 2 aromatic rings. The van der Waals surface area contributed by atoms with Crippen LogP contribution in [-0.4, -0.2) is 24.8 Å². The number of ketones is 1. The zero-order chi connectivity index (χ0) is 22.2. The molecule has 1 aromatic carbocycles. The fraction of sp³-hybridized carbons (Fsp3) is 0.440. The van der Waals surface area contributed by atoms with Crippen molar-refractivity contribution in [3.05, 3.63) is 57.9 Å². The number of hydrogen-bond donors (Lipinski definition) is 2. The molecule has 2 heterocycles. The van der Waals surface area contributed by atoms with E-state index in [0.717, 1.165) is 33.9 Å². The van der Waals surface area contributed by atoms with Crippen LogP contribution < -0.4 is 15.5 Å². The Labute approximate surface area is 188 Å².